The summed E-state index contributed by atoms with van der Waals surface area (Å²) >= 11 is 0. The number of benzene rings is 1. The number of nitrogens with zero attached hydrogens (tertiary/aromatic N) is 3. The van der Waals surface area contributed by atoms with Gasteiger partial charge in [0, 0.05) is 41.8 Å². The number of allylic oxidation sites excluding steroid dienone is 1. The molecule has 0 aliphatic heterocycles. The van der Waals surface area contributed by atoms with Crippen LogP contribution in [0.5, 0.6) is 0 Å². The molecular weight excluding hydrogens is 416 g/mol. The summed E-state index contributed by atoms with van der Waals surface area (Å²) in [6.07, 6.45) is -1.28. The van der Waals surface area contributed by atoms with E-state index in [1.54, 1.807) is 12.1 Å². The molecule has 6 N–H and O–H groups in total. The summed E-state index contributed by atoms with van der Waals surface area (Å²) in [6.45, 7) is 0. The van der Waals surface area contributed by atoms with Crippen LogP contribution in [0.3, 0.4) is 0 Å². The van der Waals surface area contributed by atoms with Gasteiger partial charge in [0.1, 0.15) is 11.7 Å². The van der Waals surface area contributed by atoms with Gasteiger partial charge in [0.05, 0.1) is 17.1 Å². The second kappa shape index (κ2) is 8.73. The normalized spacial score (nSPS) is 11.9. The molecule has 0 fully saturated rings. The molecule has 1 aromatic carbocycles. The van der Waals surface area contributed by atoms with Gasteiger partial charge in [-0.15, -0.1) is 0 Å². The molecular formula is C19H16F4N8. The number of anilines is 1. The Balaban J connectivity index is 1.87. The number of halogens is 4. The van der Waals surface area contributed by atoms with Crippen molar-refractivity contribution >= 4 is 11.5 Å². The Labute approximate surface area is 173 Å². The molecule has 31 heavy (non-hydrogen) atoms. The van der Waals surface area contributed by atoms with Gasteiger partial charge >= 0.3 is 6.18 Å². The first-order chi connectivity index (χ1) is 14.7. The second-order valence-electron chi connectivity index (χ2n) is 6.34. The largest absolute Gasteiger partial charge is 0.451 e. The van der Waals surface area contributed by atoms with E-state index in [1.807, 2.05) is 0 Å². The van der Waals surface area contributed by atoms with E-state index in [9.17, 15) is 17.6 Å². The van der Waals surface area contributed by atoms with Gasteiger partial charge in [0.25, 0.3) is 0 Å². The Morgan fingerprint density at radius 2 is 1.90 bits per heavy atom. The lowest BCUT2D eigenvalue weighted by Gasteiger charge is -2.05. The molecule has 0 aliphatic carbocycles. The molecule has 0 radical (unpaired) electrons. The first kappa shape index (κ1) is 21.6. The van der Waals surface area contributed by atoms with E-state index in [0.717, 1.165) is 12.4 Å². The Bertz CT molecular complexity index is 1130. The molecule has 0 bridgehead atoms. The number of rotatable bonds is 7. The van der Waals surface area contributed by atoms with E-state index in [-0.39, 0.29) is 34.9 Å². The summed E-state index contributed by atoms with van der Waals surface area (Å²) in [6, 6.07) is 7.51. The van der Waals surface area contributed by atoms with E-state index in [0.29, 0.717) is 11.3 Å². The number of H-pyrrole nitrogens is 1. The van der Waals surface area contributed by atoms with Crippen LogP contribution in [0.1, 0.15) is 17.2 Å². The van der Waals surface area contributed by atoms with Crippen molar-refractivity contribution in [3.05, 3.63) is 77.7 Å². The molecule has 3 aromatic rings. The first-order valence-corrected chi connectivity index (χ1v) is 8.72. The summed E-state index contributed by atoms with van der Waals surface area (Å²) in [5.74, 6) is -2.11. The van der Waals surface area contributed by atoms with Crippen LogP contribution < -0.4 is 11.1 Å². The molecule has 2 heterocycles. The highest BCUT2D eigenvalue weighted by atomic mass is 19.4. The predicted molar refractivity (Wildman–Crippen MR) is 105 cm³/mol. The van der Waals surface area contributed by atoms with Crippen LogP contribution in [0.2, 0.25) is 0 Å². The van der Waals surface area contributed by atoms with Crippen molar-refractivity contribution in [2.75, 3.05) is 5.32 Å². The molecule has 3 rings (SSSR count). The van der Waals surface area contributed by atoms with Gasteiger partial charge in [-0.05, 0) is 18.2 Å². The third kappa shape index (κ3) is 5.10. The maximum absolute atomic E-state index is 13.7. The lowest BCUT2D eigenvalue weighted by atomic mass is 10.1. The highest BCUT2D eigenvalue weighted by molar-refractivity contribution is 6.00. The SMILES string of the molecule is N=N/C(=C\Nc1ccccc1F)Cc1cc(-c2cnc(C(F)(F)F)nc2)c(C(=N)N)[nH]1. The monoisotopic (exact) mass is 432 g/mol. The lowest BCUT2D eigenvalue weighted by Crippen LogP contribution is -2.13. The minimum atomic E-state index is -4.67. The quantitative estimate of drug-likeness (QED) is 0.163. The van der Waals surface area contributed by atoms with Crippen LogP contribution in [0.4, 0.5) is 23.2 Å². The van der Waals surface area contributed by atoms with Crippen molar-refractivity contribution in [1.29, 1.82) is 10.9 Å². The molecule has 0 amide bonds. The average molecular weight is 432 g/mol. The van der Waals surface area contributed by atoms with E-state index >= 15 is 0 Å². The highest BCUT2D eigenvalue weighted by Gasteiger charge is 2.34. The standard InChI is InChI=1S/C19H16F4N8/c20-14-3-1-2-4-15(14)27-9-12(31-26)5-11-6-13(16(30-11)17(24)25)10-7-28-18(29-8-10)19(21,22)23/h1-4,6-9,26-27,30H,5H2,(H3,24,25)/b12-9-,31-26?. The number of aromatic nitrogens is 3. The summed E-state index contributed by atoms with van der Waals surface area (Å²) in [5.41, 5.74) is 14.5. The van der Waals surface area contributed by atoms with Crippen molar-refractivity contribution in [3.8, 4) is 11.1 Å². The number of nitrogens with two attached hydrogens (primary N) is 1. The third-order valence-corrected chi connectivity index (χ3v) is 4.14. The molecule has 8 nitrogen and oxygen atoms in total. The fraction of sp³-hybridized carbons (Fsp3) is 0.105. The van der Waals surface area contributed by atoms with Crippen LogP contribution in [0.15, 0.2) is 59.7 Å². The second-order valence-corrected chi connectivity index (χ2v) is 6.34. The van der Waals surface area contributed by atoms with Gasteiger partial charge < -0.3 is 16.0 Å². The minimum absolute atomic E-state index is 0.0761. The van der Waals surface area contributed by atoms with Gasteiger partial charge in [-0.3, -0.25) is 5.41 Å². The molecule has 0 atom stereocenters. The Hall–Kier alpha value is -4.09. The number of hydrogen-bond donors (Lipinski definition) is 5. The molecule has 0 aliphatic rings. The topological polar surface area (TPSA) is 140 Å². The Morgan fingerprint density at radius 3 is 2.48 bits per heavy atom. The fourth-order valence-electron chi connectivity index (χ4n) is 2.72. The van der Waals surface area contributed by atoms with E-state index < -0.39 is 17.8 Å². The van der Waals surface area contributed by atoms with E-state index in [4.69, 9.17) is 16.7 Å². The van der Waals surface area contributed by atoms with Crippen molar-refractivity contribution in [3.63, 3.8) is 0 Å². The minimum Gasteiger partial charge on any atom is -0.382 e. The van der Waals surface area contributed by atoms with Crippen LogP contribution in [0.25, 0.3) is 11.1 Å². The van der Waals surface area contributed by atoms with Gasteiger partial charge in [0.15, 0.2) is 0 Å². The van der Waals surface area contributed by atoms with E-state index in [1.165, 1.54) is 24.4 Å². The number of alkyl halides is 3. The van der Waals surface area contributed by atoms with Crippen LogP contribution >= 0.6 is 0 Å². The summed E-state index contributed by atoms with van der Waals surface area (Å²) < 4.78 is 51.8. The third-order valence-electron chi connectivity index (χ3n) is 4.14. The Morgan fingerprint density at radius 1 is 1.23 bits per heavy atom. The smallest absolute Gasteiger partial charge is 0.382 e. The zero-order valence-corrected chi connectivity index (χ0v) is 15.8. The molecule has 0 saturated carbocycles. The molecule has 0 unspecified atom stereocenters. The summed E-state index contributed by atoms with van der Waals surface area (Å²) in [7, 11) is 0. The predicted octanol–water partition coefficient (Wildman–Crippen LogP) is 4.44. The zero-order chi connectivity index (χ0) is 22.6. The van der Waals surface area contributed by atoms with E-state index in [2.05, 4.69) is 25.4 Å². The molecule has 0 saturated heterocycles. The number of nitrogen functional groups attached to an aromatic ring is 1. The average Bonchev–Trinajstić information content (AvgIpc) is 3.16. The van der Waals surface area contributed by atoms with Crippen molar-refractivity contribution in [1.82, 2.24) is 15.0 Å². The van der Waals surface area contributed by atoms with Gasteiger partial charge in [-0.2, -0.15) is 18.3 Å². The summed E-state index contributed by atoms with van der Waals surface area (Å²) in [4.78, 5) is 9.52. The molecule has 0 spiro atoms. The molecule has 2 aromatic heterocycles. The summed E-state index contributed by atoms with van der Waals surface area (Å²) in [5, 5.41) is 13.8. The van der Waals surface area contributed by atoms with Crippen LogP contribution in [-0.2, 0) is 12.6 Å². The maximum Gasteiger partial charge on any atom is 0.451 e. The van der Waals surface area contributed by atoms with Crippen molar-refractivity contribution in [2.24, 2.45) is 10.8 Å². The van der Waals surface area contributed by atoms with Crippen LogP contribution in [0, 0.1) is 16.8 Å². The van der Waals surface area contributed by atoms with Crippen molar-refractivity contribution in [2.45, 2.75) is 12.6 Å². The number of aromatic amines is 1. The van der Waals surface area contributed by atoms with Gasteiger partial charge in [-0.25, -0.2) is 19.9 Å². The first-order valence-electron chi connectivity index (χ1n) is 8.72. The number of hydrogen-bond acceptors (Lipinski definition) is 6. The Kier molecular flexibility index (Phi) is 6.09. The zero-order valence-electron chi connectivity index (χ0n) is 15.8. The highest BCUT2D eigenvalue weighted by Crippen LogP contribution is 2.29. The lowest BCUT2D eigenvalue weighted by molar-refractivity contribution is -0.144. The van der Waals surface area contributed by atoms with Gasteiger partial charge in [0.2, 0.25) is 5.82 Å². The van der Waals surface area contributed by atoms with Crippen LogP contribution in [-0.4, -0.2) is 20.8 Å². The van der Waals surface area contributed by atoms with Crippen molar-refractivity contribution < 1.29 is 17.6 Å². The number of nitrogens with one attached hydrogen (secondary N) is 4. The molecule has 160 valence electrons. The number of para-hydroxylation sites is 1. The number of amidine groups is 1. The molecule has 12 heteroatoms. The fourth-order valence-corrected chi connectivity index (χ4v) is 2.72. The maximum atomic E-state index is 13.7. The van der Waals surface area contributed by atoms with Gasteiger partial charge in [-0.1, -0.05) is 12.1 Å².